The summed E-state index contributed by atoms with van der Waals surface area (Å²) in [6.07, 6.45) is 1.56. The van der Waals surface area contributed by atoms with E-state index in [9.17, 15) is 14.0 Å². The van der Waals surface area contributed by atoms with Crippen LogP contribution in [0.5, 0.6) is 5.75 Å². The topological polar surface area (TPSA) is 94.7 Å². The van der Waals surface area contributed by atoms with Gasteiger partial charge in [-0.05, 0) is 24.8 Å². The zero-order chi connectivity index (χ0) is 17.6. The lowest BCUT2D eigenvalue weighted by molar-refractivity contribution is 0.144. The number of pyridine rings is 1. The monoisotopic (exact) mass is 347 g/mol. The summed E-state index contributed by atoms with van der Waals surface area (Å²) in [5.41, 5.74) is 1.32. The molecule has 0 amide bonds. The number of rotatable bonds is 3. The molecule has 7 nitrogen and oxygen atoms in total. The maximum Gasteiger partial charge on any atom is 0.511 e. The van der Waals surface area contributed by atoms with Gasteiger partial charge in [0.05, 0.1) is 16.6 Å². The number of fused-ring (bicyclic) bond motifs is 1. The highest BCUT2D eigenvalue weighted by molar-refractivity contribution is 5.89. The van der Waals surface area contributed by atoms with E-state index in [1.165, 1.54) is 12.3 Å². The lowest BCUT2D eigenvalue weighted by Crippen LogP contribution is -2.44. The van der Waals surface area contributed by atoms with Crippen LogP contribution in [0.25, 0.3) is 10.9 Å². The molecule has 0 bridgehead atoms. The number of anilines is 1. The molecule has 0 atom stereocenters. The normalized spacial score (nSPS) is 17.7. The highest BCUT2D eigenvalue weighted by atomic mass is 19.1. The molecule has 1 aliphatic carbocycles. The van der Waals surface area contributed by atoms with Crippen molar-refractivity contribution in [3.05, 3.63) is 33.9 Å². The highest BCUT2D eigenvalue weighted by Gasteiger charge is 2.33. The van der Waals surface area contributed by atoms with E-state index in [4.69, 9.17) is 5.11 Å². The van der Waals surface area contributed by atoms with E-state index in [0.717, 1.165) is 31.5 Å². The van der Waals surface area contributed by atoms with E-state index < -0.39 is 17.4 Å². The molecule has 1 saturated heterocycles. The van der Waals surface area contributed by atoms with Crippen LogP contribution in [0.15, 0.2) is 17.1 Å². The molecule has 0 radical (unpaired) electrons. The van der Waals surface area contributed by atoms with Gasteiger partial charge >= 0.3 is 6.16 Å². The number of piperazine rings is 1. The Labute approximate surface area is 142 Å². The molecular weight excluding hydrogens is 329 g/mol. The van der Waals surface area contributed by atoms with Crippen molar-refractivity contribution in [3.8, 4) is 5.75 Å². The lowest BCUT2D eigenvalue weighted by atomic mass is 10.0. The van der Waals surface area contributed by atoms with Crippen molar-refractivity contribution < 1.29 is 19.0 Å². The second-order valence-corrected chi connectivity index (χ2v) is 6.40. The summed E-state index contributed by atoms with van der Waals surface area (Å²) in [5, 5.41) is 12.1. The summed E-state index contributed by atoms with van der Waals surface area (Å²) in [5.74, 6) is -0.588. The standard InChI is InChI=1S/C17H18FN3O4/c18-11-7-10-14(20-8-12(16(10)22)25-17(23)24)13(9-1-2-9)15(11)21-5-3-19-4-6-21/h7-9,19H,1-6H2,(H,20,22)(H,23,24). The average molecular weight is 347 g/mol. The van der Waals surface area contributed by atoms with E-state index in [-0.39, 0.29) is 17.1 Å². The third kappa shape index (κ3) is 2.82. The third-order valence-electron chi connectivity index (χ3n) is 4.72. The number of hydrogen-bond acceptors (Lipinski definition) is 5. The van der Waals surface area contributed by atoms with Gasteiger partial charge in [0.15, 0.2) is 5.75 Å². The maximum atomic E-state index is 15.0. The number of nitrogens with zero attached hydrogens (tertiary/aromatic N) is 1. The molecule has 1 aromatic carbocycles. The Kier molecular flexibility index (Phi) is 3.84. The number of benzene rings is 1. The van der Waals surface area contributed by atoms with Gasteiger partial charge in [0.2, 0.25) is 5.43 Å². The molecule has 1 aromatic heterocycles. The van der Waals surface area contributed by atoms with Gasteiger partial charge in [0, 0.05) is 37.9 Å². The minimum atomic E-state index is -1.58. The molecule has 2 heterocycles. The molecule has 2 aromatic rings. The fourth-order valence-electron chi connectivity index (χ4n) is 3.48. The fraction of sp³-hybridized carbons (Fsp3) is 0.412. The average Bonchev–Trinajstić information content (AvgIpc) is 3.42. The molecule has 8 heteroatoms. The van der Waals surface area contributed by atoms with Crippen molar-refractivity contribution >= 4 is 22.7 Å². The van der Waals surface area contributed by atoms with Gasteiger partial charge in [-0.1, -0.05) is 0 Å². The number of halogens is 1. The molecule has 0 spiro atoms. The van der Waals surface area contributed by atoms with Crippen LogP contribution in [0, 0.1) is 5.82 Å². The second kappa shape index (κ2) is 6.03. The van der Waals surface area contributed by atoms with Crippen molar-refractivity contribution in [1.82, 2.24) is 10.3 Å². The minimum absolute atomic E-state index is 0.122. The van der Waals surface area contributed by atoms with Crippen LogP contribution in [-0.2, 0) is 0 Å². The molecule has 1 aliphatic heterocycles. The van der Waals surface area contributed by atoms with Crippen LogP contribution in [0.3, 0.4) is 0 Å². The first kappa shape index (κ1) is 15.9. The molecule has 2 fully saturated rings. The van der Waals surface area contributed by atoms with Crippen molar-refractivity contribution in [3.63, 3.8) is 0 Å². The first-order valence-corrected chi connectivity index (χ1v) is 8.30. The molecule has 25 heavy (non-hydrogen) atoms. The van der Waals surface area contributed by atoms with Gasteiger partial charge in [-0.3, -0.25) is 4.79 Å². The Morgan fingerprint density at radius 3 is 2.68 bits per heavy atom. The number of nitrogens with one attached hydrogen (secondary N) is 2. The summed E-state index contributed by atoms with van der Waals surface area (Å²) in [6, 6.07) is 1.19. The molecule has 3 N–H and O–H groups in total. The Hall–Kier alpha value is -2.61. The number of ether oxygens (including phenoxy) is 1. The number of aromatic amines is 1. The van der Waals surface area contributed by atoms with E-state index in [2.05, 4.69) is 15.0 Å². The minimum Gasteiger partial charge on any atom is -0.449 e. The molecule has 0 unspecified atom stereocenters. The van der Waals surface area contributed by atoms with E-state index in [1.807, 2.05) is 4.90 Å². The SMILES string of the molecule is O=C(O)Oc1c[nH]c2c(C3CC3)c(N3CCNCC3)c(F)cc2c1=O. The van der Waals surface area contributed by atoms with Crippen LogP contribution < -0.4 is 20.4 Å². The van der Waals surface area contributed by atoms with E-state index in [1.54, 1.807) is 0 Å². The summed E-state index contributed by atoms with van der Waals surface area (Å²) < 4.78 is 19.4. The number of carboxylic acid groups (broad SMARTS) is 1. The fourth-order valence-corrected chi connectivity index (χ4v) is 3.48. The van der Waals surface area contributed by atoms with Gasteiger partial charge in [0.1, 0.15) is 5.82 Å². The Bertz CT molecular complexity index is 901. The van der Waals surface area contributed by atoms with Gasteiger partial charge in [-0.2, -0.15) is 0 Å². The Morgan fingerprint density at radius 1 is 1.32 bits per heavy atom. The van der Waals surface area contributed by atoms with E-state index in [0.29, 0.717) is 24.3 Å². The second-order valence-electron chi connectivity index (χ2n) is 6.40. The molecular formula is C17H18FN3O4. The predicted molar refractivity (Wildman–Crippen MR) is 90.2 cm³/mol. The summed E-state index contributed by atoms with van der Waals surface area (Å²) in [4.78, 5) is 28.2. The number of hydrogen-bond donors (Lipinski definition) is 3. The van der Waals surface area contributed by atoms with Crippen molar-refractivity contribution in [2.75, 3.05) is 31.1 Å². The Balaban J connectivity index is 1.92. The smallest absolute Gasteiger partial charge is 0.449 e. The summed E-state index contributed by atoms with van der Waals surface area (Å²) >= 11 is 0. The van der Waals surface area contributed by atoms with Crippen LogP contribution >= 0.6 is 0 Å². The maximum absolute atomic E-state index is 15.0. The number of aromatic nitrogens is 1. The van der Waals surface area contributed by atoms with Gasteiger partial charge in [-0.15, -0.1) is 0 Å². The number of H-pyrrole nitrogens is 1. The predicted octanol–water partition coefficient (Wildman–Crippen LogP) is 2.01. The quantitative estimate of drug-likeness (QED) is 0.736. The van der Waals surface area contributed by atoms with E-state index >= 15 is 0 Å². The summed E-state index contributed by atoms with van der Waals surface area (Å²) in [7, 11) is 0. The zero-order valence-electron chi connectivity index (χ0n) is 13.5. The first-order chi connectivity index (χ1) is 12.1. The number of carbonyl (C=O) groups is 1. The van der Waals surface area contributed by atoms with Crippen LogP contribution in [0.1, 0.15) is 24.3 Å². The molecule has 1 saturated carbocycles. The van der Waals surface area contributed by atoms with Crippen LogP contribution in [0.4, 0.5) is 14.9 Å². The van der Waals surface area contributed by atoms with Gasteiger partial charge in [-0.25, -0.2) is 9.18 Å². The molecule has 2 aliphatic rings. The van der Waals surface area contributed by atoms with Crippen LogP contribution in [0.2, 0.25) is 0 Å². The first-order valence-electron chi connectivity index (χ1n) is 8.30. The van der Waals surface area contributed by atoms with Crippen molar-refractivity contribution in [2.45, 2.75) is 18.8 Å². The largest absolute Gasteiger partial charge is 0.511 e. The van der Waals surface area contributed by atoms with Crippen molar-refractivity contribution in [1.29, 1.82) is 0 Å². The lowest BCUT2D eigenvalue weighted by Gasteiger charge is -2.32. The van der Waals surface area contributed by atoms with Crippen LogP contribution in [-0.4, -0.2) is 42.4 Å². The summed E-state index contributed by atoms with van der Waals surface area (Å²) in [6.45, 7) is 2.96. The zero-order valence-corrected chi connectivity index (χ0v) is 13.5. The van der Waals surface area contributed by atoms with Gasteiger partial charge < -0.3 is 25.0 Å². The highest BCUT2D eigenvalue weighted by Crippen LogP contribution is 2.48. The molecule has 4 rings (SSSR count). The van der Waals surface area contributed by atoms with Gasteiger partial charge in [0.25, 0.3) is 0 Å². The van der Waals surface area contributed by atoms with Crippen molar-refractivity contribution in [2.24, 2.45) is 0 Å². The Morgan fingerprint density at radius 2 is 2.04 bits per heavy atom. The third-order valence-corrected chi connectivity index (χ3v) is 4.72. The molecule has 132 valence electrons.